The van der Waals surface area contributed by atoms with E-state index in [1.165, 1.54) is 0 Å². The molecule has 1 aromatic rings. The number of fused-ring (bicyclic) bond motifs is 1. The minimum Gasteiger partial charge on any atom is -0.482 e. The second-order valence-electron chi connectivity index (χ2n) is 5.03. The number of carbonyl (C=O) groups is 2. The van der Waals surface area contributed by atoms with E-state index in [4.69, 9.17) is 4.74 Å². The molecule has 8 heteroatoms. The number of amides is 2. The van der Waals surface area contributed by atoms with Gasteiger partial charge in [0.15, 0.2) is 6.61 Å². The number of rotatable bonds is 2. The number of alkyl halides is 2. The summed E-state index contributed by atoms with van der Waals surface area (Å²) in [5.74, 6) is -3.20. The van der Waals surface area contributed by atoms with Gasteiger partial charge in [0.1, 0.15) is 5.75 Å². The van der Waals surface area contributed by atoms with Gasteiger partial charge in [-0.3, -0.25) is 14.9 Å². The topological polar surface area (TPSA) is 79.5 Å². The molecule has 1 unspecified atom stereocenters. The molecule has 0 bridgehead atoms. The molecule has 0 aliphatic carbocycles. The molecular formula is C13H13F2N3O3. The van der Waals surface area contributed by atoms with Gasteiger partial charge < -0.3 is 15.4 Å². The van der Waals surface area contributed by atoms with Crippen LogP contribution in [0.4, 0.5) is 20.2 Å². The van der Waals surface area contributed by atoms with E-state index >= 15 is 0 Å². The average Bonchev–Trinajstić information content (AvgIpc) is 2.79. The maximum absolute atomic E-state index is 13.1. The van der Waals surface area contributed by atoms with Gasteiger partial charge in [0.05, 0.1) is 18.3 Å². The van der Waals surface area contributed by atoms with Crippen LogP contribution in [0.2, 0.25) is 0 Å². The largest absolute Gasteiger partial charge is 0.482 e. The zero-order chi connectivity index (χ0) is 15.0. The molecule has 2 aliphatic rings. The summed E-state index contributed by atoms with van der Waals surface area (Å²) >= 11 is 0. The highest BCUT2D eigenvalue weighted by atomic mass is 19.3. The van der Waals surface area contributed by atoms with E-state index in [9.17, 15) is 18.4 Å². The van der Waals surface area contributed by atoms with Gasteiger partial charge in [-0.25, -0.2) is 8.78 Å². The second kappa shape index (κ2) is 4.96. The van der Waals surface area contributed by atoms with Gasteiger partial charge >= 0.3 is 0 Å². The van der Waals surface area contributed by atoms with Crippen LogP contribution in [0.1, 0.15) is 6.42 Å². The van der Waals surface area contributed by atoms with Crippen LogP contribution in [0.25, 0.3) is 0 Å². The maximum Gasteiger partial charge on any atom is 0.262 e. The van der Waals surface area contributed by atoms with E-state index in [1.54, 1.807) is 18.2 Å². The van der Waals surface area contributed by atoms with Gasteiger partial charge in [-0.2, -0.15) is 0 Å². The van der Waals surface area contributed by atoms with E-state index in [1.807, 2.05) is 0 Å². The number of halogens is 2. The van der Waals surface area contributed by atoms with Crippen molar-refractivity contribution < 1.29 is 23.1 Å². The Morgan fingerprint density at radius 1 is 1.43 bits per heavy atom. The predicted molar refractivity (Wildman–Crippen MR) is 70.6 cm³/mol. The van der Waals surface area contributed by atoms with Crippen molar-refractivity contribution in [1.82, 2.24) is 5.32 Å². The van der Waals surface area contributed by atoms with Crippen LogP contribution in [0.3, 0.4) is 0 Å². The Morgan fingerprint density at radius 2 is 2.24 bits per heavy atom. The highest BCUT2D eigenvalue weighted by molar-refractivity contribution is 5.98. The SMILES string of the molecule is O=C1COc2cc(NC(=O)C3CC(F)(F)CN3)ccc2N1. The number of hydrogen-bond donors (Lipinski definition) is 3. The highest BCUT2D eigenvalue weighted by Gasteiger charge is 2.42. The van der Waals surface area contributed by atoms with Gasteiger partial charge in [0, 0.05) is 18.2 Å². The number of anilines is 2. The molecule has 1 aromatic carbocycles. The number of carbonyl (C=O) groups excluding carboxylic acids is 2. The van der Waals surface area contributed by atoms with Crippen molar-refractivity contribution in [1.29, 1.82) is 0 Å². The van der Waals surface area contributed by atoms with Crippen molar-refractivity contribution in [2.24, 2.45) is 0 Å². The molecule has 0 aromatic heterocycles. The number of ether oxygens (including phenoxy) is 1. The first kappa shape index (κ1) is 13.7. The zero-order valence-corrected chi connectivity index (χ0v) is 10.9. The van der Waals surface area contributed by atoms with Crippen molar-refractivity contribution >= 4 is 23.2 Å². The Balaban J connectivity index is 1.68. The van der Waals surface area contributed by atoms with Gasteiger partial charge in [0.2, 0.25) is 5.91 Å². The Labute approximate surface area is 118 Å². The number of benzene rings is 1. The molecule has 1 fully saturated rings. The van der Waals surface area contributed by atoms with Gasteiger partial charge in [-0.05, 0) is 12.1 Å². The fourth-order valence-electron chi connectivity index (χ4n) is 2.28. The summed E-state index contributed by atoms with van der Waals surface area (Å²) in [6.45, 7) is -0.592. The molecule has 21 heavy (non-hydrogen) atoms. The van der Waals surface area contributed by atoms with Crippen LogP contribution in [-0.2, 0) is 9.59 Å². The summed E-state index contributed by atoms with van der Waals surface area (Å²) in [6, 6.07) is 3.77. The standard InChI is InChI=1S/C13H13F2N3O3/c14-13(15)4-9(16-6-13)12(20)17-7-1-2-8-10(3-7)21-5-11(19)18-8/h1-3,9,16H,4-6H2,(H,17,20)(H,18,19). The fraction of sp³-hybridized carbons (Fsp3) is 0.385. The molecule has 6 nitrogen and oxygen atoms in total. The van der Waals surface area contributed by atoms with Crippen molar-refractivity contribution in [3.05, 3.63) is 18.2 Å². The molecule has 3 N–H and O–H groups in total. The van der Waals surface area contributed by atoms with E-state index in [2.05, 4.69) is 16.0 Å². The summed E-state index contributed by atoms with van der Waals surface area (Å²) in [6.07, 6.45) is -0.518. The molecule has 1 atom stereocenters. The molecule has 2 aliphatic heterocycles. The number of nitrogens with one attached hydrogen (secondary N) is 3. The Bertz CT molecular complexity index is 606. The normalized spacial score (nSPS) is 23.0. The van der Waals surface area contributed by atoms with Crippen LogP contribution >= 0.6 is 0 Å². The van der Waals surface area contributed by atoms with Crippen LogP contribution in [0, 0.1) is 0 Å². The third-order valence-corrected chi connectivity index (χ3v) is 3.31. The monoisotopic (exact) mass is 297 g/mol. The first-order valence-corrected chi connectivity index (χ1v) is 6.42. The van der Waals surface area contributed by atoms with Crippen molar-refractivity contribution in [3.8, 4) is 5.75 Å². The Hall–Kier alpha value is -2.22. The lowest BCUT2D eigenvalue weighted by Crippen LogP contribution is -2.35. The molecule has 0 radical (unpaired) electrons. The molecule has 112 valence electrons. The molecule has 0 spiro atoms. The molecule has 2 heterocycles. The molecule has 2 amide bonds. The minimum atomic E-state index is -2.86. The van der Waals surface area contributed by atoms with Crippen molar-refractivity contribution in [2.45, 2.75) is 18.4 Å². The lowest BCUT2D eigenvalue weighted by molar-refractivity contribution is -0.119. The summed E-state index contributed by atoms with van der Waals surface area (Å²) in [4.78, 5) is 23.0. The minimum absolute atomic E-state index is 0.0964. The van der Waals surface area contributed by atoms with Crippen LogP contribution < -0.4 is 20.7 Å². The van der Waals surface area contributed by atoms with Crippen LogP contribution in [0.5, 0.6) is 5.75 Å². The third-order valence-electron chi connectivity index (χ3n) is 3.31. The average molecular weight is 297 g/mol. The van der Waals surface area contributed by atoms with Crippen LogP contribution in [-0.4, -0.2) is 36.9 Å². The summed E-state index contributed by atoms with van der Waals surface area (Å²) < 4.78 is 31.3. The Kier molecular flexibility index (Phi) is 3.25. The van der Waals surface area contributed by atoms with E-state index in [-0.39, 0.29) is 12.5 Å². The van der Waals surface area contributed by atoms with E-state index in [0.717, 1.165) is 0 Å². The molecule has 0 saturated carbocycles. The quantitative estimate of drug-likeness (QED) is 0.759. The van der Waals surface area contributed by atoms with Crippen LogP contribution in [0.15, 0.2) is 18.2 Å². The lowest BCUT2D eigenvalue weighted by Gasteiger charge is -2.19. The third kappa shape index (κ3) is 2.94. The lowest BCUT2D eigenvalue weighted by atomic mass is 10.1. The second-order valence-corrected chi connectivity index (χ2v) is 5.03. The van der Waals surface area contributed by atoms with Gasteiger partial charge in [-0.1, -0.05) is 0 Å². The highest BCUT2D eigenvalue weighted by Crippen LogP contribution is 2.31. The summed E-state index contributed by atoms with van der Waals surface area (Å²) in [5.41, 5.74) is 0.932. The maximum atomic E-state index is 13.1. The molecule has 3 rings (SSSR count). The fourth-order valence-corrected chi connectivity index (χ4v) is 2.28. The number of hydrogen-bond acceptors (Lipinski definition) is 4. The smallest absolute Gasteiger partial charge is 0.262 e. The predicted octanol–water partition coefficient (Wildman–Crippen LogP) is 0.953. The Morgan fingerprint density at radius 3 is 2.95 bits per heavy atom. The van der Waals surface area contributed by atoms with Gasteiger partial charge in [0.25, 0.3) is 11.8 Å². The van der Waals surface area contributed by atoms with E-state index < -0.39 is 30.8 Å². The zero-order valence-electron chi connectivity index (χ0n) is 10.9. The van der Waals surface area contributed by atoms with E-state index in [0.29, 0.717) is 17.1 Å². The first-order valence-electron chi connectivity index (χ1n) is 6.42. The van der Waals surface area contributed by atoms with Gasteiger partial charge in [-0.15, -0.1) is 0 Å². The summed E-state index contributed by atoms with van der Waals surface area (Å²) in [5, 5.41) is 7.66. The first-order chi connectivity index (χ1) is 9.93. The molecular weight excluding hydrogens is 284 g/mol. The van der Waals surface area contributed by atoms with Crippen molar-refractivity contribution in [2.75, 3.05) is 23.8 Å². The van der Waals surface area contributed by atoms with Crippen molar-refractivity contribution in [3.63, 3.8) is 0 Å². The molecule has 1 saturated heterocycles. The summed E-state index contributed by atoms with van der Waals surface area (Å²) in [7, 11) is 0.